The quantitative estimate of drug-likeness (QED) is 0.639. The number of ether oxygens (including phenoxy) is 1. The third kappa shape index (κ3) is 2.32. The third-order valence-electron chi connectivity index (χ3n) is 2.92. The van der Waals surface area contributed by atoms with Crippen LogP contribution in [-0.2, 0) is 4.74 Å². The predicted octanol–water partition coefficient (Wildman–Crippen LogP) is -0.179. The molecule has 0 spiro atoms. The number of aliphatic hydroxyl groups excluding tert-OH is 1. The minimum atomic E-state index is -0.380. The number of aryl methyl sites for hydroxylation is 1. The van der Waals surface area contributed by atoms with Crippen molar-refractivity contribution >= 4 is 12.2 Å². The Morgan fingerprint density at radius 3 is 3.06 bits per heavy atom. The first-order chi connectivity index (χ1) is 8.02. The number of rotatable bonds is 2. The monoisotopic (exact) mass is 257 g/mol. The normalized spacial score (nSPS) is 28.5. The van der Waals surface area contributed by atoms with E-state index in [4.69, 9.17) is 27.8 Å². The standard InChI is InChI=1S/C10H15N3O3S/c1-5-3-13(10(17)12-9(5)15)8-2-6(11)7(4-14)16-8/h3,6-8,14H,2,4,11H2,1H3,(H,12,15,17)/t6-,7+,8+/m0/s1. The molecule has 1 aromatic heterocycles. The molecule has 0 amide bonds. The highest BCUT2D eigenvalue weighted by atomic mass is 32.1. The van der Waals surface area contributed by atoms with Crippen molar-refractivity contribution in [3.8, 4) is 0 Å². The van der Waals surface area contributed by atoms with Crippen molar-refractivity contribution in [3.05, 3.63) is 26.9 Å². The van der Waals surface area contributed by atoms with Gasteiger partial charge in [0.15, 0.2) is 4.77 Å². The van der Waals surface area contributed by atoms with Crippen molar-refractivity contribution in [2.45, 2.75) is 31.7 Å². The summed E-state index contributed by atoms with van der Waals surface area (Å²) < 4.78 is 7.55. The van der Waals surface area contributed by atoms with Crippen molar-refractivity contribution in [2.24, 2.45) is 5.73 Å². The van der Waals surface area contributed by atoms with Crippen molar-refractivity contribution in [1.82, 2.24) is 9.55 Å². The van der Waals surface area contributed by atoms with E-state index in [0.29, 0.717) is 16.8 Å². The molecule has 17 heavy (non-hydrogen) atoms. The number of nitrogens with zero attached hydrogens (tertiary/aromatic N) is 1. The molecule has 3 atom stereocenters. The number of hydrogen-bond donors (Lipinski definition) is 3. The van der Waals surface area contributed by atoms with E-state index in [9.17, 15) is 4.79 Å². The summed E-state index contributed by atoms with van der Waals surface area (Å²) in [5.41, 5.74) is 6.19. The second-order valence-corrected chi connectivity index (χ2v) is 4.58. The summed E-state index contributed by atoms with van der Waals surface area (Å²) in [7, 11) is 0. The molecule has 0 aliphatic carbocycles. The average Bonchev–Trinajstić information content (AvgIpc) is 2.65. The highest BCUT2D eigenvalue weighted by Gasteiger charge is 2.33. The van der Waals surface area contributed by atoms with E-state index in [0.717, 1.165) is 0 Å². The second kappa shape index (κ2) is 4.69. The molecule has 1 aromatic rings. The van der Waals surface area contributed by atoms with Crippen LogP contribution in [0.4, 0.5) is 0 Å². The van der Waals surface area contributed by atoms with Gasteiger partial charge in [0, 0.05) is 24.2 Å². The van der Waals surface area contributed by atoms with Crippen molar-refractivity contribution < 1.29 is 9.84 Å². The first-order valence-electron chi connectivity index (χ1n) is 5.37. The lowest BCUT2D eigenvalue weighted by Crippen LogP contribution is -2.32. The number of H-pyrrole nitrogens is 1. The van der Waals surface area contributed by atoms with Gasteiger partial charge in [0.2, 0.25) is 0 Å². The van der Waals surface area contributed by atoms with Crippen LogP contribution in [0.15, 0.2) is 11.0 Å². The van der Waals surface area contributed by atoms with Gasteiger partial charge in [-0.1, -0.05) is 0 Å². The summed E-state index contributed by atoms with van der Waals surface area (Å²) in [6.07, 6.45) is 1.50. The van der Waals surface area contributed by atoms with Gasteiger partial charge >= 0.3 is 0 Å². The molecule has 94 valence electrons. The van der Waals surface area contributed by atoms with Crippen LogP contribution >= 0.6 is 12.2 Å². The Kier molecular flexibility index (Phi) is 3.43. The summed E-state index contributed by atoms with van der Waals surface area (Å²) in [4.78, 5) is 13.9. The maximum atomic E-state index is 11.4. The van der Waals surface area contributed by atoms with Gasteiger partial charge in [-0.2, -0.15) is 0 Å². The van der Waals surface area contributed by atoms with Crippen molar-refractivity contribution in [1.29, 1.82) is 0 Å². The fraction of sp³-hybridized carbons (Fsp3) is 0.600. The lowest BCUT2D eigenvalue weighted by molar-refractivity contribution is -0.0263. The van der Waals surface area contributed by atoms with Crippen LogP contribution < -0.4 is 11.3 Å². The molecule has 0 aromatic carbocycles. The van der Waals surface area contributed by atoms with Gasteiger partial charge < -0.3 is 15.6 Å². The highest BCUT2D eigenvalue weighted by Crippen LogP contribution is 2.27. The summed E-state index contributed by atoms with van der Waals surface area (Å²) in [6, 6.07) is -0.223. The van der Waals surface area contributed by atoms with Gasteiger partial charge in [-0.15, -0.1) is 0 Å². The van der Waals surface area contributed by atoms with Crippen LogP contribution in [0.2, 0.25) is 0 Å². The maximum absolute atomic E-state index is 11.4. The number of hydrogen-bond acceptors (Lipinski definition) is 5. The van der Waals surface area contributed by atoms with Crippen LogP contribution in [0.1, 0.15) is 18.2 Å². The molecule has 0 radical (unpaired) electrons. The van der Waals surface area contributed by atoms with E-state index in [-0.39, 0.29) is 30.5 Å². The Bertz CT molecular complexity index is 524. The molecule has 0 bridgehead atoms. The van der Waals surface area contributed by atoms with E-state index < -0.39 is 0 Å². The lowest BCUT2D eigenvalue weighted by atomic mass is 10.1. The minimum Gasteiger partial charge on any atom is -0.394 e. The summed E-state index contributed by atoms with van der Waals surface area (Å²) >= 11 is 5.07. The zero-order chi connectivity index (χ0) is 12.6. The predicted molar refractivity (Wildman–Crippen MR) is 64.2 cm³/mol. The average molecular weight is 257 g/mol. The molecule has 6 nitrogen and oxygen atoms in total. The molecule has 0 unspecified atom stereocenters. The first kappa shape index (κ1) is 12.4. The van der Waals surface area contributed by atoms with Gasteiger partial charge in [0.05, 0.1) is 12.7 Å². The molecular weight excluding hydrogens is 242 g/mol. The summed E-state index contributed by atoms with van der Waals surface area (Å²) in [5, 5.41) is 9.07. The van der Waals surface area contributed by atoms with E-state index in [2.05, 4.69) is 4.98 Å². The Labute approximate surface area is 103 Å². The van der Waals surface area contributed by atoms with Crippen molar-refractivity contribution in [2.75, 3.05) is 6.61 Å². The molecule has 1 fully saturated rings. The van der Waals surface area contributed by atoms with Crippen LogP contribution in [0.3, 0.4) is 0 Å². The van der Waals surface area contributed by atoms with E-state index in [1.807, 2.05) is 0 Å². The minimum absolute atomic E-state index is 0.118. The molecule has 2 rings (SSSR count). The summed E-state index contributed by atoms with van der Waals surface area (Å²) in [6.45, 7) is 1.58. The van der Waals surface area contributed by atoms with E-state index in [1.165, 1.54) is 0 Å². The molecule has 7 heteroatoms. The lowest BCUT2D eigenvalue weighted by Gasteiger charge is -2.16. The number of aromatic nitrogens is 2. The van der Waals surface area contributed by atoms with Gasteiger partial charge in [-0.3, -0.25) is 14.3 Å². The van der Waals surface area contributed by atoms with Gasteiger partial charge in [0.25, 0.3) is 5.56 Å². The Morgan fingerprint density at radius 1 is 1.76 bits per heavy atom. The van der Waals surface area contributed by atoms with E-state index >= 15 is 0 Å². The second-order valence-electron chi connectivity index (χ2n) is 4.19. The molecular formula is C10H15N3O3S. The SMILES string of the molecule is Cc1cn([C@H]2C[C@H](N)[C@@H](CO)O2)c(=S)[nH]c1=O. The number of aromatic amines is 1. The summed E-state index contributed by atoms with van der Waals surface area (Å²) in [5.74, 6) is 0. The van der Waals surface area contributed by atoms with Gasteiger partial charge in [-0.05, 0) is 19.1 Å². The highest BCUT2D eigenvalue weighted by molar-refractivity contribution is 7.71. The van der Waals surface area contributed by atoms with Crippen LogP contribution in [-0.4, -0.2) is 33.4 Å². The van der Waals surface area contributed by atoms with Crippen LogP contribution in [0.25, 0.3) is 0 Å². The molecule has 1 aliphatic rings. The van der Waals surface area contributed by atoms with E-state index in [1.54, 1.807) is 17.7 Å². The van der Waals surface area contributed by atoms with Crippen LogP contribution in [0, 0.1) is 11.7 Å². The van der Waals surface area contributed by atoms with Gasteiger partial charge in [-0.25, -0.2) is 0 Å². The van der Waals surface area contributed by atoms with Crippen LogP contribution in [0.5, 0.6) is 0 Å². The third-order valence-corrected chi connectivity index (χ3v) is 3.23. The molecule has 4 N–H and O–H groups in total. The molecule has 1 aliphatic heterocycles. The Balaban J connectivity index is 2.34. The Morgan fingerprint density at radius 2 is 2.47 bits per heavy atom. The number of aliphatic hydroxyl groups is 1. The van der Waals surface area contributed by atoms with Crippen molar-refractivity contribution in [3.63, 3.8) is 0 Å². The largest absolute Gasteiger partial charge is 0.394 e. The number of nitrogens with one attached hydrogen (secondary N) is 1. The van der Waals surface area contributed by atoms with Gasteiger partial charge in [0.1, 0.15) is 6.23 Å². The maximum Gasteiger partial charge on any atom is 0.254 e. The molecule has 2 heterocycles. The zero-order valence-electron chi connectivity index (χ0n) is 9.42. The molecule has 0 saturated carbocycles. The Hall–Kier alpha value is -1.02. The first-order valence-corrected chi connectivity index (χ1v) is 5.77. The fourth-order valence-electron chi connectivity index (χ4n) is 1.90. The fourth-order valence-corrected chi connectivity index (χ4v) is 2.16. The smallest absolute Gasteiger partial charge is 0.254 e. The number of nitrogens with two attached hydrogens (primary N) is 1. The molecule has 1 saturated heterocycles. The zero-order valence-corrected chi connectivity index (χ0v) is 10.2. The topological polar surface area (TPSA) is 93.3 Å².